The van der Waals surface area contributed by atoms with E-state index >= 15 is 0 Å². The normalized spacial score (nSPS) is 12.4. The van der Waals surface area contributed by atoms with E-state index < -0.39 is 0 Å². The molecule has 0 aromatic heterocycles. The van der Waals surface area contributed by atoms with Gasteiger partial charge in [0.25, 0.3) is 0 Å². The van der Waals surface area contributed by atoms with Gasteiger partial charge < -0.3 is 0 Å². The van der Waals surface area contributed by atoms with Crippen molar-refractivity contribution in [2.75, 3.05) is 5.88 Å². The molecular formula is C16H14BrCl2F. The first-order valence-electron chi connectivity index (χ1n) is 6.33. The number of hydrogen-bond donors (Lipinski definition) is 0. The fourth-order valence-corrected chi connectivity index (χ4v) is 2.90. The predicted octanol–water partition coefficient (Wildman–Crippen LogP) is 5.88. The predicted molar refractivity (Wildman–Crippen MR) is 87.2 cm³/mol. The van der Waals surface area contributed by atoms with Gasteiger partial charge in [0.2, 0.25) is 0 Å². The summed E-state index contributed by atoms with van der Waals surface area (Å²) in [7, 11) is 0. The van der Waals surface area contributed by atoms with Gasteiger partial charge in [0.05, 0.1) is 0 Å². The van der Waals surface area contributed by atoms with Gasteiger partial charge in [0, 0.05) is 15.4 Å². The van der Waals surface area contributed by atoms with Crippen molar-refractivity contribution in [3.05, 3.63) is 68.9 Å². The molecule has 2 rings (SSSR count). The number of hydrogen-bond acceptors (Lipinski definition) is 0. The number of halogens is 4. The summed E-state index contributed by atoms with van der Waals surface area (Å²) < 4.78 is 14.2. The van der Waals surface area contributed by atoms with Crippen molar-refractivity contribution in [1.82, 2.24) is 0 Å². The van der Waals surface area contributed by atoms with E-state index in [2.05, 4.69) is 15.9 Å². The van der Waals surface area contributed by atoms with Gasteiger partial charge in [-0.3, -0.25) is 0 Å². The molecule has 0 N–H and O–H groups in total. The van der Waals surface area contributed by atoms with E-state index in [9.17, 15) is 4.39 Å². The van der Waals surface area contributed by atoms with Crippen molar-refractivity contribution in [3.8, 4) is 0 Å². The highest BCUT2D eigenvalue weighted by molar-refractivity contribution is 9.10. The molecule has 4 heteroatoms. The van der Waals surface area contributed by atoms with Crippen LogP contribution in [0.25, 0.3) is 0 Å². The highest BCUT2D eigenvalue weighted by Gasteiger charge is 2.12. The molecule has 0 aliphatic carbocycles. The van der Waals surface area contributed by atoms with Gasteiger partial charge in [0.1, 0.15) is 5.82 Å². The van der Waals surface area contributed by atoms with Crippen LogP contribution in [0.5, 0.6) is 0 Å². The van der Waals surface area contributed by atoms with Gasteiger partial charge in [-0.2, -0.15) is 0 Å². The second-order valence-electron chi connectivity index (χ2n) is 4.79. The van der Waals surface area contributed by atoms with Gasteiger partial charge >= 0.3 is 0 Å². The zero-order valence-electron chi connectivity index (χ0n) is 10.8. The first-order valence-corrected chi connectivity index (χ1v) is 8.03. The molecule has 2 aromatic carbocycles. The van der Waals surface area contributed by atoms with Gasteiger partial charge in [-0.15, -0.1) is 11.6 Å². The molecule has 0 fully saturated rings. The Morgan fingerprint density at radius 3 is 2.40 bits per heavy atom. The van der Waals surface area contributed by atoms with Crippen molar-refractivity contribution in [3.63, 3.8) is 0 Å². The summed E-state index contributed by atoms with van der Waals surface area (Å²) >= 11 is 15.4. The third-order valence-corrected chi connectivity index (χ3v) is 4.63. The van der Waals surface area contributed by atoms with E-state index in [1.807, 2.05) is 24.3 Å². The molecule has 0 heterocycles. The molecule has 0 saturated carbocycles. The van der Waals surface area contributed by atoms with Crippen LogP contribution >= 0.6 is 39.1 Å². The molecule has 0 radical (unpaired) electrons. The molecule has 0 aliphatic rings. The maximum atomic E-state index is 13.3. The molecule has 0 saturated heterocycles. The van der Waals surface area contributed by atoms with Crippen molar-refractivity contribution in [2.24, 2.45) is 5.92 Å². The molecular weight excluding hydrogens is 362 g/mol. The summed E-state index contributed by atoms with van der Waals surface area (Å²) in [5.74, 6) is 0.574. The van der Waals surface area contributed by atoms with E-state index in [0.717, 1.165) is 27.9 Å². The molecule has 0 amide bonds. The summed E-state index contributed by atoms with van der Waals surface area (Å²) in [5.41, 5.74) is 2.14. The van der Waals surface area contributed by atoms with E-state index in [-0.39, 0.29) is 11.7 Å². The van der Waals surface area contributed by atoms with Crippen LogP contribution in [-0.2, 0) is 12.8 Å². The van der Waals surface area contributed by atoms with E-state index in [4.69, 9.17) is 23.2 Å². The maximum absolute atomic E-state index is 13.3. The molecule has 20 heavy (non-hydrogen) atoms. The van der Waals surface area contributed by atoms with E-state index in [0.29, 0.717) is 5.88 Å². The molecule has 0 spiro atoms. The minimum atomic E-state index is -0.219. The fourth-order valence-electron chi connectivity index (χ4n) is 2.15. The second-order valence-corrected chi connectivity index (χ2v) is 6.39. The largest absolute Gasteiger partial charge is 0.207 e. The Kier molecular flexibility index (Phi) is 5.88. The molecule has 0 aliphatic heterocycles. The lowest BCUT2D eigenvalue weighted by Crippen LogP contribution is -2.10. The standard InChI is InChI=1S/C16H14BrCl2F/c17-16-6-5-15(20)9-13(16)8-12(10-18)7-11-1-3-14(19)4-2-11/h1-6,9,12H,7-8,10H2. The highest BCUT2D eigenvalue weighted by atomic mass is 79.9. The third kappa shape index (κ3) is 4.47. The minimum Gasteiger partial charge on any atom is -0.207 e. The zero-order valence-corrected chi connectivity index (χ0v) is 13.8. The van der Waals surface area contributed by atoms with Crippen molar-refractivity contribution in [2.45, 2.75) is 12.8 Å². The summed E-state index contributed by atoms with van der Waals surface area (Å²) in [6.07, 6.45) is 1.59. The lowest BCUT2D eigenvalue weighted by Gasteiger charge is -2.15. The third-order valence-electron chi connectivity index (χ3n) is 3.17. The van der Waals surface area contributed by atoms with Crippen LogP contribution in [0.2, 0.25) is 5.02 Å². The summed E-state index contributed by atoms with van der Waals surface area (Å²) in [6, 6.07) is 12.5. The van der Waals surface area contributed by atoms with Gasteiger partial charge in [-0.1, -0.05) is 39.7 Å². The van der Waals surface area contributed by atoms with E-state index in [1.54, 1.807) is 12.1 Å². The van der Waals surface area contributed by atoms with Gasteiger partial charge in [-0.25, -0.2) is 4.39 Å². The smallest absolute Gasteiger partial charge is 0.123 e. The Balaban J connectivity index is 2.08. The monoisotopic (exact) mass is 374 g/mol. The van der Waals surface area contributed by atoms with Crippen LogP contribution in [0.1, 0.15) is 11.1 Å². The molecule has 0 nitrogen and oxygen atoms in total. The molecule has 1 unspecified atom stereocenters. The van der Waals surface area contributed by atoms with Crippen LogP contribution < -0.4 is 0 Å². The van der Waals surface area contributed by atoms with Crippen LogP contribution in [0, 0.1) is 11.7 Å². The van der Waals surface area contributed by atoms with Crippen molar-refractivity contribution >= 4 is 39.1 Å². The van der Waals surface area contributed by atoms with Gasteiger partial charge in [-0.05, 0) is 60.2 Å². The topological polar surface area (TPSA) is 0 Å². The number of benzene rings is 2. The van der Waals surface area contributed by atoms with Gasteiger partial charge in [0.15, 0.2) is 0 Å². The zero-order chi connectivity index (χ0) is 14.5. The Hall–Kier alpha value is -0.570. The lowest BCUT2D eigenvalue weighted by atomic mass is 9.94. The lowest BCUT2D eigenvalue weighted by molar-refractivity contribution is 0.575. The van der Waals surface area contributed by atoms with Crippen LogP contribution in [-0.4, -0.2) is 5.88 Å². The number of alkyl halides is 1. The van der Waals surface area contributed by atoms with Crippen molar-refractivity contribution in [1.29, 1.82) is 0 Å². The van der Waals surface area contributed by atoms with Crippen LogP contribution in [0.4, 0.5) is 4.39 Å². The minimum absolute atomic E-state index is 0.219. The highest BCUT2D eigenvalue weighted by Crippen LogP contribution is 2.24. The quantitative estimate of drug-likeness (QED) is 0.572. The first kappa shape index (κ1) is 15.8. The number of rotatable bonds is 5. The fraction of sp³-hybridized carbons (Fsp3) is 0.250. The first-order chi connectivity index (χ1) is 9.58. The average molecular weight is 376 g/mol. The van der Waals surface area contributed by atoms with Crippen molar-refractivity contribution < 1.29 is 4.39 Å². The van der Waals surface area contributed by atoms with Crippen LogP contribution in [0.15, 0.2) is 46.9 Å². The Morgan fingerprint density at radius 1 is 1.05 bits per heavy atom. The summed E-state index contributed by atoms with van der Waals surface area (Å²) in [4.78, 5) is 0. The Morgan fingerprint density at radius 2 is 1.75 bits per heavy atom. The molecule has 2 aromatic rings. The summed E-state index contributed by atoms with van der Waals surface area (Å²) in [6.45, 7) is 0. The molecule has 1 atom stereocenters. The SMILES string of the molecule is Fc1ccc(Br)c(CC(CCl)Cc2ccc(Cl)cc2)c1. The summed E-state index contributed by atoms with van der Waals surface area (Å²) in [5, 5.41) is 0.726. The maximum Gasteiger partial charge on any atom is 0.123 e. The Labute approximate surface area is 137 Å². The second kappa shape index (κ2) is 7.44. The molecule has 106 valence electrons. The average Bonchev–Trinajstić information content (AvgIpc) is 2.44. The Bertz CT molecular complexity index is 569. The van der Waals surface area contributed by atoms with E-state index in [1.165, 1.54) is 11.6 Å². The van der Waals surface area contributed by atoms with Crippen LogP contribution in [0.3, 0.4) is 0 Å². The molecule has 0 bridgehead atoms.